The molecule has 1 fully saturated rings. The fourth-order valence-electron chi connectivity index (χ4n) is 3.61. The Kier molecular flexibility index (Phi) is 5.65. The highest BCUT2D eigenvalue weighted by molar-refractivity contribution is 5.74. The van der Waals surface area contributed by atoms with Gasteiger partial charge in [-0.15, -0.1) is 0 Å². The minimum absolute atomic E-state index is 0.104. The van der Waals surface area contributed by atoms with Crippen molar-refractivity contribution in [3.05, 3.63) is 76.3 Å². The molecule has 0 saturated heterocycles. The van der Waals surface area contributed by atoms with Crippen molar-refractivity contribution in [1.82, 2.24) is 9.97 Å². The molecule has 0 amide bonds. The molecule has 1 saturated carbocycles. The summed E-state index contributed by atoms with van der Waals surface area (Å²) in [6.45, 7) is 0.440. The molecule has 0 unspecified atom stereocenters. The molecule has 7 heteroatoms. The van der Waals surface area contributed by atoms with Crippen LogP contribution in [0.1, 0.15) is 31.2 Å². The molecule has 0 radical (unpaired) electrons. The van der Waals surface area contributed by atoms with Gasteiger partial charge in [-0.25, -0.2) is 9.97 Å². The van der Waals surface area contributed by atoms with Crippen molar-refractivity contribution in [3.8, 4) is 11.4 Å². The molecule has 148 valence electrons. The zero-order chi connectivity index (χ0) is 20.1. The van der Waals surface area contributed by atoms with E-state index in [0.717, 1.165) is 36.8 Å². The summed E-state index contributed by atoms with van der Waals surface area (Å²) < 4.78 is 0. The molecule has 1 heterocycles. The molecular formula is C22H23N5O2. The first-order valence-corrected chi connectivity index (χ1v) is 9.87. The number of aromatic nitrogens is 2. The molecule has 3 aromatic rings. The number of nitro groups is 1. The van der Waals surface area contributed by atoms with Gasteiger partial charge in [-0.3, -0.25) is 10.1 Å². The SMILES string of the molecule is O=[N+]([O-])c1c(NCc2ccccc2)nc(-c2ccccc2)nc1NC1CCCC1. The Morgan fingerprint density at radius 3 is 2.21 bits per heavy atom. The topological polar surface area (TPSA) is 93.0 Å². The molecule has 7 nitrogen and oxygen atoms in total. The van der Waals surface area contributed by atoms with Crippen LogP contribution in [0.15, 0.2) is 60.7 Å². The fraction of sp³-hybridized carbons (Fsp3) is 0.273. The monoisotopic (exact) mass is 389 g/mol. The minimum Gasteiger partial charge on any atom is -0.361 e. The van der Waals surface area contributed by atoms with E-state index in [1.165, 1.54) is 0 Å². The van der Waals surface area contributed by atoms with E-state index in [2.05, 4.69) is 20.6 Å². The predicted octanol–water partition coefficient (Wildman–Crippen LogP) is 5.02. The lowest BCUT2D eigenvalue weighted by Gasteiger charge is -2.16. The van der Waals surface area contributed by atoms with E-state index < -0.39 is 4.92 Å². The molecule has 29 heavy (non-hydrogen) atoms. The molecule has 0 atom stereocenters. The van der Waals surface area contributed by atoms with Gasteiger partial charge in [0.1, 0.15) is 0 Å². The van der Waals surface area contributed by atoms with Crippen LogP contribution in [-0.2, 0) is 6.54 Å². The van der Waals surface area contributed by atoms with E-state index in [1.807, 2.05) is 60.7 Å². The Labute approximate surface area is 169 Å². The number of anilines is 2. The largest absolute Gasteiger partial charge is 0.361 e. The molecule has 1 aromatic heterocycles. The normalized spacial score (nSPS) is 13.9. The van der Waals surface area contributed by atoms with Gasteiger partial charge in [-0.2, -0.15) is 0 Å². The number of hydrogen-bond acceptors (Lipinski definition) is 6. The van der Waals surface area contributed by atoms with E-state index >= 15 is 0 Å². The third-order valence-corrected chi connectivity index (χ3v) is 5.10. The summed E-state index contributed by atoms with van der Waals surface area (Å²) in [4.78, 5) is 20.6. The Bertz CT molecular complexity index is 973. The van der Waals surface area contributed by atoms with Crippen LogP contribution in [0.25, 0.3) is 11.4 Å². The molecule has 2 aromatic carbocycles. The summed E-state index contributed by atoms with van der Waals surface area (Å²) in [7, 11) is 0. The third-order valence-electron chi connectivity index (χ3n) is 5.10. The van der Waals surface area contributed by atoms with Gasteiger partial charge in [0.05, 0.1) is 4.92 Å². The summed E-state index contributed by atoms with van der Waals surface area (Å²) in [5.74, 6) is 0.978. The van der Waals surface area contributed by atoms with E-state index in [4.69, 9.17) is 0 Å². The maximum absolute atomic E-state index is 11.9. The second kappa shape index (κ2) is 8.68. The van der Waals surface area contributed by atoms with E-state index in [1.54, 1.807) is 0 Å². The van der Waals surface area contributed by atoms with Crippen LogP contribution in [0.2, 0.25) is 0 Å². The Morgan fingerprint density at radius 2 is 1.55 bits per heavy atom. The quantitative estimate of drug-likeness (QED) is 0.435. The Balaban J connectivity index is 1.74. The lowest BCUT2D eigenvalue weighted by molar-refractivity contribution is -0.383. The van der Waals surface area contributed by atoms with Crippen molar-refractivity contribution in [2.75, 3.05) is 10.6 Å². The number of rotatable bonds is 7. The molecule has 0 spiro atoms. The van der Waals surface area contributed by atoms with Crippen molar-refractivity contribution in [2.45, 2.75) is 38.3 Å². The Hall–Kier alpha value is -3.48. The highest BCUT2D eigenvalue weighted by atomic mass is 16.6. The van der Waals surface area contributed by atoms with Crippen LogP contribution in [0.3, 0.4) is 0 Å². The zero-order valence-electron chi connectivity index (χ0n) is 16.0. The van der Waals surface area contributed by atoms with E-state index in [9.17, 15) is 10.1 Å². The number of benzene rings is 2. The first-order valence-electron chi connectivity index (χ1n) is 9.87. The highest BCUT2D eigenvalue weighted by Crippen LogP contribution is 2.35. The maximum atomic E-state index is 11.9. The zero-order valence-corrected chi connectivity index (χ0v) is 16.0. The molecule has 1 aliphatic rings. The van der Waals surface area contributed by atoms with Gasteiger partial charge in [-0.1, -0.05) is 73.5 Å². The van der Waals surface area contributed by atoms with Gasteiger partial charge in [-0.05, 0) is 18.4 Å². The maximum Gasteiger partial charge on any atom is 0.353 e. The highest BCUT2D eigenvalue weighted by Gasteiger charge is 2.28. The van der Waals surface area contributed by atoms with Crippen LogP contribution >= 0.6 is 0 Å². The molecule has 1 aliphatic carbocycles. The van der Waals surface area contributed by atoms with Gasteiger partial charge >= 0.3 is 5.69 Å². The van der Waals surface area contributed by atoms with Crippen molar-refractivity contribution >= 4 is 17.3 Å². The lowest BCUT2D eigenvalue weighted by Crippen LogP contribution is -2.18. The minimum atomic E-state index is -0.403. The molecular weight excluding hydrogens is 366 g/mol. The molecule has 4 rings (SSSR count). The summed E-state index contributed by atoms with van der Waals surface area (Å²) in [6.07, 6.45) is 4.24. The number of hydrogen-bond donors (Lipinski definition) is 2. The van der Waals surface area contributed by atoms with Crippen molar-refractivity contribution < 1.29 is 4.92 Å². The standard InChI is InChI=1S/C22H23N5O2/c28-27(29)19-21(23-15-16-9-3-1-4-10-16)25-20(17-11-5-2-6-12-17)26-22(19)24-18-13-7-8-14-18/h1-6,9-12,18H,7-8,13-15H2,(H2,23,24,25,26). The van der Waals surface area contributed by atoms with Crippen molar-refractivity contribution in [1.29, 1.82) is 0 Å². The van der Waals surface area contributed by atoms with Gasteiger partial charge < -0.3 is 10.6 Å². The van der Waals surface area contributed by atoms with Crippen LogP contribution in [0.4, 0.5) is 17.3 Å². The third kappa shape index (κ3) is 4.51. The van der Waals surface area contributed by atoms with E-state index in [-0.39, 0.29) is 23.4 Å². The average molecular weight is 389 g/mol. The van der Waals surface area contributed by atoms with Crippen LogP contribution < -0.4 is 10.6 Å². The van der Waals surface area contributed by atoms with Crippen molar-refractivity contribution in [3.63, 3.8) is 0 Å². The summed E-state index contributed by atoms with van der Waals surface area (Å²) >= 11 is 0. The second-order valence-corrected chi connectivity index (χ2v) is 7.18. The van der Waals surface area contributed by atoms with E-state index in [0.29, 0.717) is 12.4 Å². The van der Waals surface area contributed by atoms with Crippen LogP contribution in [0.5, 0.6) is 0 Å². The smallest absolute Gasteiger partial charge is 0.353 e. The first-order chi connectivity index (χ1) is 14.2. The predicted molar refractivity (Wildman–Crippen MR) is 114 cm³/mol. The summed E-state index contributed by atoms with van der Waals surface area (Å²) in [6, 6.07) is 19.5. The molecule has 0 bridgehead atoms. The van der Waals surface area contributed by atoms with Gasteiger partial charge in [0, 0.05) is 18.2 Å². The first kappa shape index (κ1) is 18.9. The van der Waals surface area contributed by atoms with Crippen molar-refractivity contribution in [2.24, 2.45) is 0 Å². The van der Waals surface area contributed by atoms with Gasteiger partial charge in [0.15, 0.2) is 5.82 Å². The molecule has 0 aliphatic heterocycles. The van der Waals surface area contributed by atoms with Gasteiger partial charge in [0.25, 0.3) is 0 Å². The number of nitrogens with one attached hydrogen (secondary N) is 2. The van der Waals surface area contributed by atoms with Crippen LogP contribution in [0, 0.1) is 10.1 Å². The molecule has 2 N–H and O–H groups in total. The summed E-state index contributed by atoms with van der Waals surface area (Å²) in [5, 5.41) is 18.4. The summed E-state index contributed by atoms with van der Waals surface area (Å²) in [5.41, 5.74) is 1.74. The number of nitrogens with zero attached hydrogens (tertiary/aromatic N) is 3. The second-order valence-electron chi connectivity index (χ2n) is 7.18. The van der Waals surface area contributed by atoms with Gasteiger partial charge in [0.2, 0.25) is 11.6 Å². The fourth-order valence-corrected chi connectivity index (χ4v) is 3.61. The van der Waals surface area contributed by atoms with Crippen LogP contribution in [-0.4, -0.2) is 20.9 Å². The Morgan fingerprint density at radius 1 is 0.931 bits per heavy atom. The lowest BCUT2D eigenvalue weighted by atomic mass is 10.2. The average Bonchev–Trinajstić information content (AvgIpc) is 3.26.